The number of rotatable bonds is 2. The smallest absolute Gasteiger partial charge is 0.216 e. The zero-order valence-electron chi connectivity index (χ0n) is 15.6. The van der Waals surface area contributed by atoms with E-state index in [-0.39, 0.29) is 22.9 Å². The normalized spacial score (nSPS) is 24.2. The summed E-state index contributed by atoms with van der Waals surface area (Å²) in [6.45, 7) is 14.4. The van der Waals surface area contributed by atoms with Gasteiger partial charge in [-0.3, -0.25) is 0 Å². The van der Waals surface area contributed by atoms with Crippen LogP contribution in [0.25, 0.3) is 0 Å². The summed E-state index contributed by atoms with van der Waals surface area (Å²) in [6.07, 6.45) is 0. The van der Waals surface area contributed by atoms with E-state index in [0.717, 1.165) is 22.9 Å². The fourth-order valence-electron chi connectivity index (χ4n) is 2.74. The number of ether oxygens (including phenoxy) is 2. The molecule has 4 nitrogen and oxygen atoms in total. The first-order chi connectivity index (χ1) is 11.1. The van der Waals surface area contributed by atoms with Gasteiger partial charge in [0.15, 0.2) is 0 Å². The van der Waals surface area contributed by atoms with Gasteiger partial charge in [-0.15, -0.1) is 0 Å². The summed E-state index contributed by atoms with van der Waals surface area (Å²) < 4.78 is 11.7. The number of hydrogen-bond donors (Lipinski definition) is 0. The summed E-state index contributed by atoms with van der Waals surface area (Å²) in [5.41, 5.74) is 2.20. The molecule has 4 heteroatoms. The second kappa shape index (κ2) is 5.91. The number of nitrogens with zero attached hydrogens (tertiary/aromatic N) is 2. The van der Waals surface area contributed by atoms with Crippen molar-refractivity contribution in [3.05, 3.63) is 35.4 Å². The molecule has 2 heterocycles. The summed E-state index contributed by atoms with van der Waals surface area (Å²) in [4.78, 5) is 9.53. The standard InChI is InChI=1S/C20H28N2O2/c1-19(2,3)15-11-23-17(21-15)13-8-7-9-14(10-13)18-22-16(12-24-18)20(4,5)6/h7-10,15-16H,11-12H2,1-6H3/t15-,16-/m1/s1. The third-order valence-corrected chi connectivity index (χ3v) is 4.66. The number of benzene rings is 1. The quantitative estimate of drug-likeness (QED) is 0.821. The average molecular weight is 328 g/mol. The highest BCUT2D eigenvalue weighted by molar-refractivity contribution is 6.00. The van der Waals surface area contributed by atoms with E-state index in [0.29, 0.717) is 13.2 Å². The van der Waals surface area contributed by atoms with Gasteiger partial charge < -0.3 is 9.47 Å². The van der Waals surface area contributed by atoms with Gasteiger partial charge in [-0.1, -0.05) is 47.6 Å². The Labute approximate surface area is 145 Å². The maximum absolute atomic E-state index is 5.84. The average Bonchev–Trinajstić information content (AvgIpc) is 3.16. The minimum Gasteiger partial charge on any atom is -0.475 e. The summed E-state index contributed by atoms with van der Waals surface area (Å²) in [6, 6.07) is 8.53. The maximum atomic E-state index is 5.84. The molecule has 0 bridgehead atoms. The summed E-state index contributed by atoms with van der Waals surface area (Å²) in [7, 11) is 0. The molecule has 3 rings (SSSR count). The number of aliphatic imine (C=N–C) groups is 2. The molecule has 130 valence electrons. The van der Waals surface area contributed by atoms with E-state index < -0.39 is 0 Å². The lowest BCUT2D eigenvalue weighted by molar-refractivity contribution is 0.236. The highest BCUT2D eigenvalue weighted by atomic mass is 16.5. The molecule has 0 spiro atoms. The van der Waals surface area contributed by atoms with Gasteiger partial charge in [-0.2, -0.15) is 0 Å². The Kier molecular flexibility index (Phi) is 4.18. The molecule has 0 aromatic heterocycles. The van der Waals surface area contributed by atoms with Gasteiger partial charge in [0.05, 0.1) is 12.1 Å². The maximum Gasteiger partial charge on any atom is 0.216 e. The molecular formula is C20H28N2O2. The summed E-state index contributed by atoms with van der Waals surface area (Å²) in [5, 5.41) is 0. The second-order valence-corrected chi connectivity index (χ2v) is 8.83. The van der Waals surface area contributed by atoms with E-state index in [1.54, 1.807) is 0 Å². The van der Waals surface area contributed by atoms with Crippen LogP contribution in [0.5, 0.6) is 0 Å². The molecule has 0 fully saturated rings. The van der Waals surface area contributed by atoms with Crippen molar-refractivity contribution >= 4 is 11.8 Å². The monoisotopic (exact) mass is 328 g/mol. The van der Waals surface area contributed by atoms with E-state index >= 15 is 0 Å². The highest BCUT2D eigenvalue weighted by Crippen LogP contribution is 2.29. The second-order valence-electron chi connectivity index (χ2n) is 8.83. The summed E-state index contributed by atoms with van der Waals surface area (Å²) in [5.74, 6) is 1.45. The Bertz CT molecular complexity index is 622. The predicted octanol–water partition coefficient (Wildman–Crippen LogP) is 4.07. The SMILES string of the molecule is CC(C)(C)[C@H]1COC(c2cccc(C3=N[C@@H](C(C)(C)C)CO3)c2)=N1. The zero-order valence-corrected chi connectivity index (χ0v) is 15.6. The Morgan fingerprint density at radius 1 is 0.792 bits per heavy atom. The first-order valence-corrected chi connectivity index (χ1v) is 8.66. The van der Waals surface area contributed by atoms with Crippen LogP contribution >= 0.6 is 0 Å². The van der Waals surface area contributed by atoms with E-state index in [2.05, 4.69) is 47.6 Å². The molecule has 0 saturated heterocycles. The van der Waals surface area contributed by atoms with E-state index in [1.165, 1.54) is 0 Å². The van der Waals surface area contributed by atoms with Crippen LogP contribution in [0.1, 0.15) is 52.7 Å². The van der Waals surface area contributed by atoms with Gasteiger partial charge in [0, 0.05) is 11.1 Å². The minimum absolute atomic E-state index is 0.109. The van der Waals surface area contributed by atoms with Crippen molar-refractivity contribution in [3.8, 4) is 0 Å². The molecule has 2 aliphatic rings. The fraction of sp³-hybridized carbons (Fsp3) is 0.600. The molecule has 0 N–H and O–H groups in total. The lowest BCUT2D eigenvalue weighted by Gasteiger charge is -2.21. The largest absolute Gasteiger partial charge is 0.475 e. The molecule has 0 amide bonds. The number of hydrogen-bond acceptors (Lipinski definition) is 4. The van der Waals surface area contributed by atoms with Gasteiger partial charge >= 0.3 is 0 Å². The topological polar surface area (TPSA) is 43.2 Å². The Morgan fingerprint density at radius 3 is 1.54 bits per heavy atom. The summed E-state index contributed by atoms with van der Waals surface area (Å²) >= 11 is 0. The van der Waals surface area contributed by atoms with Crippen molar-refractivity contribution in [1.29, 1.82) is 0 Å². The Balaban J connectivity index is 1.84. The highest BCUT2D eigenvalue weighted by Gasteiger charge is 2.32. The van der Waals surface area contributed by atoms with Crippen molar-refractivity contribution in [2.24, 2.45) is 20.8 Å². The molecule has 2 atom stereocenters. The van der Waals surface area contributed by atoms with Crippen LogP contribution in [-0.2, 0) is 9.47 Å². The Hall–Kier alpha value is -1.84. The van der Waals surface area contributed by atoms with Crippen LogP contribution in [-0.4, -0.2) is 37.1 Å². The van der Waals surface area contributed by atoms with Gasteiger partial charge in [-0.05, 0) is 29.0 Å². The molecule has 2 aliphatic heterocycles. The predicted molar refractivity (Wildman–Crippen MR) is 97.9 cm³/mol. The molecule has 0 radical (unpaired) electrons. The van der Waals surface area contributed by atoms with Gasteiger partial charge in [0.1, 0.15) is 13.2 Å². The van der Waals surface area contributed by atoms with Crippen LogP contribution in [0.4, 0.5) is 0 Å². The molecular weight excluding hydrogens is 300 g/mol. The van der Waals surface area contributed by atoms with Crippen LogP contribution in [0.15, 0.2) is 34.3 Å². The van der Waals surface area contributed by atoms with Crippen molar-refractivity contribution in [2.75, 3.05) is 13.2 Å². The molecule has 1 aromatic carbocycles. The van der Waals surface area contributed by atoms with Gasteiger partial charge in [0.2, 0.25) is 11.8 Å². The minimum atomic E-state index is 0.109. The fourth-order valence-corrected chi connectivity index (χ4v) is 2.74. The lowest BCUT2D eigenvalue weighted by Crippen LogP contribution is -2.25. The van der Waals surface area contributed by atoms with Gasteiger partial charge in [0.25, 0.3) is 0 Å². The van der Waals surface area contributed by atoms with Crippen molar-refractivity contribution in [2.45, 2.75) is 53.6 Å². The first-order valence-electron chi connectivity index (χ1n) is 8.66. The van der Waals surface area contributed by atoms with Crippen molar-refractivity contribution in [1.82, 2.24) is 0 Å². The van der Waals surface area contributed by atoms with Crippen molar-refractivity contribution < 1.29 is 9.47 Å². The Morgan fingerprint density at radius 2 is 1.21 bits per heavy atom. The van der Waals surface area contributed by atoms with Gasteiger partial charge in [-0.25, -0.2) is 9.98 Å². The molecule has 0 saturated carbocycles. The van der Waals surface area contributed by atoms with Crippen LogP contribution in [0.2, 0.25) is 0 Å². The molecule has 24 heavy (non-hydrogen) atoms. The lowest BCUT2D eigenvalue weighted by atomic mass is 9.88. The van der Waals surface area contributed by atoms with Crippen LogP contribution in [0, 0.1) is 10.8 Å². The van der Waals surface area contributed by atoms with E-state index in [4.69, 9.17) is 19.5 Å². The molecule has 1 aromatic rings. The third-order valence-electron chi connectivity index (χ3n) is 4.66. The molecule has 0 unspecified atom stereocenters. The third kappa shape index (κ3) is 3.47. The van der Waals surface area contributed by atoms with Crippen LogP contribution in [0.3, 0.4) is 0 Å². The van der Waals surface area contributed by atoms with Crippen molar-refractivity contribution in [3.63, 3.8) is 0 Å². The molecule has 0 aliphatic carbocycles. The van der Waals surface area contributed by atoms with E-state index in [9.17, 15) is 0 Å². The van der Waals surface area contributed by atoms with Crippen LogP contribution < -0.4 is 0 Å². The van der Waals surface area contributed by atoms with E-state index in [1.807, 2.05) is 18.2 Å². The first kappa shape index (κ1) is 17.0. The zero-order chi connectivity index (χ0) is 17.5.